The maximum Gasteiger partial charge on any atom is 0.219 e. The summed E-state index contributed by atoms with van der Waals surface area (Å²) in [6.07, 6.45) is 0. The first-order valence-corrected chi connectivity index (χ1v) is 6.29. The average Bonchev–Trinajstić information content (AvgIpc) is 2.44. The van der Waals surface area contributed by atoms with E-state index in [-0.39, 0.29) is 16.7 Å². The van der Waals surface area contributed by atoms with Gasteiger partial charge in [-0.1, -0.05) is 41.5 Å². The van der Waals surface area contributed by atoms with E-state index in [4.69, 9.17) is 0 Å². The van der Waals surface area contributed by atoms with E-state index < -0.39 is 0 Å². The second-order valence-electron chi connectivity index (χ2n) is 7.37. The van der Waals surface area contributed by atoms with Crippen molar-refractivity contribution in [3.05, 3.63) is 0 Å². The zero-order chi connectivity index (χ0) is 12.7. The quantitative estimate of drug-likeness (QED) is 0.620. The second kappa shape index (κ2) is 4.05. The molecule has 2 heteroatoms. The summed E-state index contributed by atoms with van der Waals surface area (Å²) in [6, 6.07) is 0. The van der Waals surface area contributed by atoms with Crippen LogP contribution in [0.1, 0.15) is 48.5 Å². The smallest absolute Gasteiger partial charge is 0.219 e. The molecule has 16 heavy (non-hydrogen) atoms. The molecule has 0 spiro atoms. The van der Waals surface area contributed by atoms with Crippen LogP contribution in [0.2, 0.25) is 0 Å². The standard InChI is InChI=1S/C14H27NO/c1-10(16)15-8-11(13(2,3)4)12(9-15)14(5,6)7/h11-12H,8-9H2,1-7H3. The molecule has 2 atom stereocenters. The van der Waals surface area contributed by atoms with Crippen molar-refractivity contribution in [2.75, 3.05) is 13.1 Å². The molecule has 0 aliphatic carbocycles. The zero-order valence-electron chi connectivity index (χ0n) is 11.9. The Labute approximate surface area is 100 Å². The first-order valence-electron chi connectivity index (χ1n) is 6.29. The lowest BCUT2D eigenvalue weighted by molar-refractivity contribution is -0.128. The van der Waals surface area contributed by atoms with Crippen molar-refractivity contribution in [3.63, 3.8) is 0 Å². The average molecular weight is 225 g/mol. The fourth-order valence-corrected chi connectivity index (χ4v) is 2.82. The van der Waals surface area contributed by atoms with Gasteiger partial charge >= 0.3 is 0 Å². The van der Waals surface area contributed by atoms with Crippen LogP contribution in [0.15, 0.2) is 0 Å². The lowest BCUT2D eigenvalue weighted by Crippen LogP contribution is -2.34. The number of rotatable bonds is 0. The van der Waals surface area contributed by atoms with Gasteiger partial charge in [0, 0.05) is 20.0 Å². The van der Waals surface area contributed by atoms with Crippen LogP contribution in [0.4, 0.5) is 0 Å². The van der Waals surface area contributed by atoms with Crippen LogP contribution in [0.3, 0.4) is 0 Å². The van der Waals surface area contributed by atoms with Crippen LogP contribution in [-0.2, 0) is 4.79 Å². The molecule has 0 radical (unpaired) electrons. The predicted molar refractivity (Wildman–Crippen MR) is 68.1 cm³/mol. The predicted octanol–water partition coefficient (Wildman–Crippen LogP) is 3.17. The van der Waals surface area contributed by atoms with E-state index in [9.17, 15) is 4.79 Å². The topological polar surface area (TPSA) is 20.3 Å². The highest BCUT2D eigenvalue weighted by atomic mass is 16.2. The number of carbonyl (C=O) groups excluding carboxylic acids is 1. The largest absolute Gasteiger partial charge is 0.342 e. The SMILES string of the molecule is CC(=O)N1CC(C(C)(C)C)C(C(C)(C)C)C1. The molecule has 1 saturated heterocycles. The van der Waals surface area contributed by atoms with Crippen molar-refractivity contribution in [1.29, 1.82) is 0 Å². The fourth-order valence-electron chi connectivity index (χ4n) is 2.82. The van der Waals surface area contributed by atoms with Gasteiger partial charge in [0.2, 0.25) is 5.91 Å². The summed E-state index contributed by atoms with van der Waals surface area (Å²) < 4.78 is 0. The third-order valence-corrected chi connectivity index (χ3v) is 3.99. The number of amides is 1. The molecule has 0 aromatic carbocycles. The lowest BCUT2D eigenvalue weighted by atomic mass is 9.66. The number of likely N-dealkylation sites (tertiary alicyclic amines) is 1. The molecule has 94 valence electrons. The van der Waals surface area contributed by atoms with Gasteiger partial charge in [0.15, 0.2) is 0 Å². The van der Waals surface area contributed by atoms with Crippen LogP contribution in [-0.4, -0.2) is 23.9 Å². The maximum atomic E-state index is 11.5. The van der Waals surface area contributed by atoms with Crippen molar-refractivity contribution in [3.8, 4) is 0 Å². The Morgan fingerprint density at radius 2 is 1.25 bits per heavy atom. The van der Waals surface area contributed by atoms with Crippen LogP contribution in [0, 0.1) is 22.7 Å². The molecule has 1 amide bonds. The zero-order valence-corrected chi connectivity index (χ0v) is 11.9. The molecule has 0 bridgehead atoms. The minimum Gasteiger partial charge on any atom is -0.342 e. The minimum atomic E-state index is 0.223. The van der Waals surface area contributed by atoms with E-state index in [2.05, 4.69) is 41.5 Å². The molecule has 2 nitrogen and oxygen atoms in total. The van der Waals surface area contributed by atoms with E-state index in [0.717, 1.165) is 13.1 Å². The number of hydrogen-bond donors (Lipinski definition) is 0. The van der Waals surface area contributed by atoms with Gasteiger partial charge < -0.3 is 4.90 Å². The summed E-state index contributed by atoms with van der Waals surface area (Å²) in [6.45, 7) is 17.3. The summed E-state index contributed by atoms with van der Waals surface area (Å²) in [4.78, 5) is 13.5. The Hall–Kier alpha value is -0.530. The monoisotopic (exact) mass is 225 g/mol. The van der Waals surface area contributed by atoms with Crippen LogP contribution in [0.5, 0.6) is 0 Å². The number of nitrogens with zero attached hydrogens (tertiary/aromatic N) is 1. The van der Waals surface area contributed by atoms with E-state index >= 15 is 0 Å². The number of hydrogen-bond acceptors (Lipinski definition) is 1. The summed E-state index contributed by atoms with van der Waals surface area (Å²) in [7, 11) is 0. The van der Waals surface area contributed by atoms with Gasteiger partial charge in [-0.3, -0.25) is 4.79 Å². The molecule has 0 saturated carbocycles. The first kappa shape index (κ1) is 13.5. The highest BCUT2D eigenvalue weighted by Gasteiger charge is 2.45. The van der Waals surface area contributed by atoms with Gasteiger partial charge in [0.25, 0.3) is 0 Å². The molecule has 1 fully saturated rings. The number of carbonyl (C=O) groups is 1. The Morgan fingerprint density at radius 3 is 1.44 bits per heavy atom. The Balaban J connectivity index is 2.93. The molecule has 0 aromatic heterocycles. The Morgan fingerprint density at radius 1 is 0.938 bits per heavy atom. The van der Waals surface area contributed by atoms with Gasteiger partial charge in [-0.2, -0.15) is 0 Å². The third-order valence-electron chi connectivity index (χ3n) is 3.99. The first-order chi connectivity index (χ1) is 7.03. The molecule has 2 unspecified atom stereocenters. The fraction of sp³-hybridized carbons (Fsp3) is 0.929. The van der Waals surface area contributed by atoms with Crippen LogP contribution >= 0.6 is 0 Å². The van der Waals surface area contributed by atoms with Gasteiger partial charge in [-0.05, 0) is 22.7 Å². The lowest BCUT2D eigenvalue weighted by Gasteiger charge is -2.38. The van der Waals surface area contributed by atoms with Gasteiger partial charge in [0.05, 0.1) is 0 Å². The highest BCUT2D eigenvalue weighted by Crippen LogP contribution is 2.45. The van der Waals surface area contributed by atoms with E-state index in [1.807, 2.05) is 4.90 Å². The normalized spacial score (nSPS) is 27.3. The van der Waals surface area contributed by atoms with Crippen molar-refractivity contribution >= 4 is 5.91 Å². The molecule has 1 aliphatic rings. The molecular formula is C14H27NO. The van der Waals surface area contributed by atoms with E-state index in [1.54, 1.807) is 6.92 Å². The molecule has 0 aromatic rings. The van der Waals surface area contributed by atoms with Gasteiger partial charge in [-0.15, -0.1) is 0 Å². The second-order valence-corrected chi connectivity index (χ2v) is 7.37. The van der Waals surface area contributed by atoms with Crippen LogP contribution < -0.4 is 0 Å². The maximum absolute atomic E-state index is 11.5. The Kier molecular flexibility index (Phi) is 3.42. The molecule has 1 heterocycles. The van der Waals surface area contributed by atoms with Crippen LogP contribution in [0.25, 0.3) is 0 Å². The Bertz CT molecular complexity index is 247. The van der Waals surface area contributed by atoms with Crippen molar-refractivity contribution in [1.82, 2.24) is 4.90 Å². The van der Waals surface area contributed by atoms with Crippen molar-refractivity contribution in [2.45, 2.75) is 48.5 Å². The molecule has 1 aliphatic heterocycles. The molecular weight excluding hydrogens is 198 g/mol. The summed E-state index contributed by atoms with van der Waals surface area (Å²) in [5, 5.41) is 0. The van der Waals surface area contributed by atoms with Crippen molar-refractivity contribution < 1.29 is 4.79 Å². The van der Waals surface area contributed by atoms with Crippen molar-refractivity contribution in [2.24, 2.45) is 22.7 Å². The summed E-state index contributed by atoms with van der Waals surface area (Å²) in [5.41, 5.74) is 0.560. The highest BCUT2D eigenvalue weighted by molar-refractivity contribution is 5.73. The van der Waals surface area contributed by atoms with E-state index in [1.165, 1.54) is 0 Å². The summed E-state index contributed by atoms with van der Waals surface area (Å²) in [5.74, 6) is 1.44. The third kappa shape index (κ3) is 2.78. The van der Waals surface area contributed by atoms with Gasteiger partial charge in [0.1, 0.15) is 0 Å². The van der Waals surface area contributed by atoms with E-state index in [0.29, 0.717) is 11.8 Å². The molecule has 1 rings (SSSR count). The van der Waals surface area contributed by atoms with Gasteiger partial charge in [-0.25, -0.2) is 0 Å². The molecule has 0 N–H and O–H groups in total. The summed E-state index contributed by atoms with van der Waals surface area (Å²) >= 11 is 0. The minimum absolute atomic E-state index is 0.223.